The van der Waals surface area contributed by atoms with Gasteiger partial charge in [-0.1, -0.05) is 6.07 Å². The van der Waals surface area contributed by atoms with Gasteiger partial charge in [0.25, 0.3) is 0 Å². The summed E-state index contributed by atoms with van der Waals surface area (Å²) in [4.78, 5) is 11.5. The van der Waals surface area contributed by atoms with E-state index in [2.05, 4.69) is 5.32 Å². The average molecular weight is 259 g/mol. The van der Waals surface area contributed by atoms with Crippen molar-refractivity contribution >= 4 is 21.4 Å². The second-order valence-electron chi connectivity index (χ2n) is 3.92. The van der Waals surface area contributed by atoms with E-state index in [1.807, 2.05) is 0 Å². The molecule has 1 N–H and O–H groups in total. The molecular weight excluding hydrogens is 245 g/mol. The summed E-state index contributed by atoms with van der Waals surface area (Å²) in [6.45, 7) is 2.88. The normalized spacial score (nSPS) is 13.2. The van der Waals surface area contributed by atoms with Gasteiger partial charge in [-0.25, -0.2) is 12.8 Å². The SMILES string of the molecule is Cc1ccc(NC(=O)[C@@H](C)S(C)(=O)=O)cc1F. The van der Waals surface area contributed by atoms with Gasteiger partial charge >= 0.3 is 0 Å². The highest BCUT2D eigenvalue weighted by atomic mass is 32.2. The first kappa shape index (κ1) is 13.6. The smallest absolute Gasteiger partial charge is 0.242 e. The van der Waals surface area contributed by atoms with Crippen molar-refractivity contribution < 1.29 is 17.6 Å². The maximum Gasteiger partial charge on any atom is 0.242 e. The van der Waals surface area contributed by atoms with Gasteiger partial charge in [0.05, 0.1) is 0 Å². The standard InChI is InChI=1S/C11H14FNO3S/c1-7-4-5-9(6-10(7)12)13-11(14)8(2)17(3,15)16/h4-6,8H,1-3H3,(H,13,14)/t8-/m1/s1. The van der Waals surface area contributed by atoms with Gasteiger partial charge in [0.1, 0.15) is 11.1 Å². The van der Waals surface area contributed by atoms with Crippen LogP contribution in [0.25, 0.3) is 0 Å². The molecule has 94 valence electrons. The molecule has 0 fully saturated rings. The molecule has 0 saturated heterocycles. The summed E-state index contributed by atoms with van der Waals surface area (Å²) in [6.07, 6.45) is 0.979. The third kappa shape index (κ3) is 3.52. The molecule has 0 aliphatic rings. The van der Waals surface area contributed by atoms with E-state index in [-0.39, 0.29) is 5.69 Å². The lowest BCUT2D eigenvalue weighted by atomic mass is 10.2. The molecule has 4 nitrogen and oxygen atoms in total. The molecule has 0 bridgehead atoms. The Morgan fingerprint density at radius 2 is 2.00 bits per heavy atom. The van der Waals surface area contributed by atoms with Crippen LogP contribution < -0.4 is 5.32 Å². The number of anilines is 1. The zero-order valence-corrected chi connectivity index (χ0v) is 10.6. The molecule has 1 amide bonds. The first-order valence-electron chi connectivity index (χ1n) is 4.97. The lowest BCUT2D eigenvalue weighted by Gasteiger charge is -2.10. The van der Waals surface area contributed by atoms with Crippen molar-refractivity contribution in [3.8, 4) is 0 Å². The third-order valence-corrected chi connectivity index (χ3v) is 3.95. The topological polar surface area (TPSA) is 63.2 Å². The van der Waals surface area contributed by atoms with Gasteiger partial charge < -0.3 is 5.32 Å². The molecule has 0 spiro atoms. The molecular formula is C11H14FNO3S. The van der Waals surface area contributed by atoms with Crippen molar-refractivity contribution in [2.45, 2.75) is 19.1 Å². The highest BCUT2D eigenvalue weighted by Gasteiger charge is 2.23. The second kappa shape index (κ2) is 4.83. The number of halogens is 1. The number of rotatable bonds is 3. The summed E-state index contributed by atoms with van der Waals surface area (Å²) >= 11 is 0. The molecule has 0 heterocycles. The maximum absolute atomic E-state index is 13.2. The average Bonchev–Trinajstić information content (AvgIpc) is 2.21. The number of carbonyl (C=O) groups excluding carboxylic acids is 1. The second-order valence-corrected chi connectivity index (χ2v) is 6.29. The minimum Gasteiger partial charge on any atom is -0.325 e. The van der Waals surface area contributed by atoms with E-state index in [9.17, 15) is 17.6 Å². The van der Waals surface area contributed by atoms with Crippen LogP contribution in [0.2, 0.25) is 0 Å². The van der Waals surface area contributed by atoms with Crippen molar-refractivity contribution in [2.75, 3.05) is 11.6 Å². The van der Waals surface area contributed by atoms with E-state index >= 15 is 0 Å². The molecule has 0 saturated carbocycles. The quantitative estimate of drug-likeness (QED) is 0.894. The van der Waals surface area contributed by atoms with Gasteiger partial charge in [-0.15, -0.1) is 0 Å². The molecule has 1 aromatic carbocycles. The summed E-state index contributed by atoms with van der Waals surface area (Å²) in [7, 11) is -3.45. The van der Waals surface area contributed by atoms with Crippen molar-refractivity contribution in [1.82, 2.24) is 0 Å². The number of amides is 1. The van der Waals surface area contributed by atoms with E-state index in [0.717, 1.165) is 12.3 Å². The van der Waals surface area contributed by atoms with E-state index in [1.165, 1.54) is 19.1 Å². The third-order valence-electron chi connectivity index (χ3n) is 2.45. The molecule has 0 aliphatic heterocycles. The number of aryl methyl sites for hydroxylation is 1. The highest BCUT2D eigenvalue weighted by molar-refractivity contribution is 7.92. The number of hydrogen-bond acceptors (Lipinski definition) is 3. The summed E-state index contributed by atoms with van der Waals surface area (Å²) in [5, 5.41) is 1.20. The fourth-order valence-electron chi connectivity index (χ4n) is 1.11. The lowest BCUT2D eigenvalue weighted by molar-refractivity contribution is -0.115. The largest absolute Gasteiger partial charge is 0.325 e. The molecule has 17 heavy (non-hydrogen) atoms. The Bertz CT molecular complexity index is 540. The predicted octanol–water partition coefficient (Wildman–Crippen LogP) is 1.51. The Hall–Kier alpha value is -1.43. The van der Waals surface area contributed by atoms with Gasteiger partial charge in [-0.2, -0.15) is 0 Å². The number of hydrogen-bond donors (Lipinski definition) is 1. The van der Waals surface area contributed by atoms with Gasteiger partial charge in [-0.3, -0.25) is 4.79 Å². The van der Waals surface area contributed by atoms with Crippen molar-refractivity contribution in [2.24, 2.45) is 0 Å². The van der Waals surface area contributed by atoms with Crippen LogP contribution in [0.3, 0.4) is 0 Å². The lowest BCUT2D eigenvalue weighted by Crippen LogP contribution is -2.31. The Morgan fingerprint density at radius 1 is 1.41 bits per heavy atom. The van der Waals surface area contributed by atoms with Crippen molar-refractivity contribution in [3.05, 3.63) is 29.6 Å². The zero-order valence-electron chi connectivity index (χ0n) is 9.82. The molecule has 1 rings (SSSR count). The molecule has 1 aromatic rings. The van der Waals surface area contributed by atoms with Gasteiger partial charge in [0.15, 0.2) is 9.84 Å². The number of carbonyl (C=O) groups is 1. The number of benzene rings is 1. The van der Waals surface area contributed by atoms with E-state index in [1.54, 1.807) is 6.92 Å². The molecule has 0 radical (unpaired) electrons. The summed E-state index contributed by atoms with van der Waals surface area (Å²) in [5.74, 6) is -1.12. The van der Waals surface area contributed by atoms with E-state index in [4.69, 9.17) is 0 Å². The molecule has 0 unspecified atom stereocenters. The van der Waals surface area contributed by atoms with Crippen LogP contribution in [-0.2, 0) is 14.6 Å². The molecule has 6 heteroatoms. The Morgan fingerprint density at radius 3 is 2.47 bits per heavy atom. The van der Waals surface area contributed by atoms with Crippen LogP contribution in [0.4, 0.5) is 10.1 Å². The first-order valence-corrected chi connectivity index (χ1v) is 6.93. The Balaban J connectivity index is 2.85. The zero-order chi connectivity index (χ0) is 13.2. The van der Waals surface area contributed by atoms with Gasteiger partial charge in [0.2, 0.25) is 5.91 Å². The van der Waals surface area contributed by atoms with Gasteiger partial charge in [0, 0.05) is 11.9 Å². The summed E-state index contributed by atoms with van der Waals surface area (Å²) in [5.41, 5.74) is 0.702. The fraction of sp³-hybridized carbons (Fsp3) is 0.364. The fourth-order valence-corrected chi connectivity index (χ4v) is 1.56. The van der Waals surface area contributed by atoms with Crippen LogP contribution in [0.5, 0.6) is 0 Å². The summed E-state index contributed by atoms with van der Waals surface area (Å²) < 4.78 is 35.5. The van der Waals surface area contributed by atoms with E-state index in [0.29, 0.717) is 5.56 Å². The molecule has 1 atom stereocenters. The number of sulfone groups is 1. The van der Waals surface area contributed by atoms with Crippen LogP contribution in [0, 0.1) is 12.7 Å². The van der Waals surface area contributed by atoms with Crippen molar-refractivity contribution in [3.63, 3.8) is 0 Å². The highest BCUT2D eigenvalue weighted by Crippen LogP contribution is 2.14. The molecule has 0 aliphatic carbocycles. The van der Waals surface area contributed by atoms with Crippen molar-refractivity contribution in [1.29, 1.82) is 0 Å². The Kier molecular flexibility index (Phi) is 3.87. The molecule has 0 aromatic heterocycles. The first-order chi connectivity index (χ1) is 7.71. The van der Waals surface area contributed by atoms with Gasteiger partial charge in [-0.05, 0) is 31.5 Å². The minimum absolute atomic E-state index is 0.244. The van der Waals surface area contributed by atoms with E-state index < -0.39 is 26.8 Å². The van der Waals surface area contributed by atoms with Crippen LogP contribution in [0.15, 0.2) is 18.2 Å². The predicted molar refractivity (Wildman–Crippen MR) is 64.1 cm³/mol. The van der Waals surface area contributed by atoms with Crippen LogP contribution in [0.1, 0.15) is 12.5 Å². The number of nitrogens with one attached hydrogen (secondary N) is 1. The minimum atomic E-state index is -3.45. The maximum atomic E-state index is 13.2. The monoisotopic (exact) mass is 259 g/mol. The summed E-state index contributed by atoms with van der Waals surface area (Å²) in [6, 6.07) is 4.18. The Labute approximate surface area is 99.8 Å². The van der Waals surface area contributed by atoms with Crippen LogP contribution >= 0.6 is 0 Å². The van der Waals surface area contributed by atoms with Crippen LogP contribution in [-0.4, -0.2) is 25.8 Å².